The van der Waals surface area contributed by atoms with Gasteiger partial charge in [0.1, 0.15) is 5.75 Å². The number of nitrogens with zero attached hydrogens (tertiary/aromatic N) is 1. The summed E-state index contributed by atoms with van der Waals surface area (Å²) >= 11 is 0. The SMILES string of the molecule is COCCN(Cc1ccc(OC)cc1)C[C@H](O)Cc1ccccc1. The molecule has 0 radical (unpaired) electrons. The number of benzene rings is 2. The summed E-state index contributed by atoms with van der Waals surface area (Å²) in [6.07, 6.45) is 0.259. The third-order valence-corrected chi connectivity index (χ3v) is 3.96. The Kier molecular flexibility index (Phi) is 7.75. The molecular weight excluding hydrogens is 302 g/mol. The van der Waals surface area contributed by atoms with Gasteiger partial charge in [-0.05, 0) is 29.7 Å². The molecule has 24 heavy (non-hydrogen) atoms. The standard InChI is InChI=1S/C20H27NO3/c1-23-13-12-21(15-18-8-10-20(24-2)11-9-18)16-19(22)14-17-6-4-3-5-7-17/h3-11,19,22H,12-16H2,1-2H3/t19-/m1/s1. The highest BCUT2D eigenvalue weighted by atomic mass is 16.5. The number of hydrogen-bond donors (Lipinski definition) is 1. The van der Waals surface area contributed by atoms with E-state index in [1.54, 1.807) is 14.2 Å². The number of aliphatic hydroxyl groups is 1. The van der Waals surface area contributed by atoms with Crippen LogP contribution in [-0.4, -0.2) is 50.0 Å². The number of methoxy groups -OCH3 is 2. The molecule has 4 nitrogen and oxygen atoms in total. The molecule has 0 amide bonds. The Morgan fingerprint density at radius 3 is 2.29 bits per heavy atom. The van der Waals surface area contributed by atoms with E-state index in [1.807, 2.05) is 42.5 Å². The fourth-order valence-electron chi connectivity index (χ4n) is 2.69. The first-order valence-electron chi connectivity index (χ1n) is 8.27. The summed E-state index contributed by atoms with van der Waals surface area (Å²) in [7, 11) is 3.37. The molecule has 1 N–H and O–H groups in total. The molecule has 0 aliphatic carbocycles. The first kappa shape index (κ1) is 18.5. The Bertz CT molecular complexity index is 571. The lowest BCUT2D eigenvalue weighted by molar-refractivity contribution is 0.0851. The number of aliphatic hydroxyl groups excluding tert-OH is 1. The highest BCUT2D eigenvalue weighted by Gasteiger charge is 2.13. The Morgan fingerprint density at radius 1 is 0.958 bits per heavy atom. The number of ether oxygens (including phenoxy) is 2. The molecule has 4 heteroatoms. The molecule has 0 saturated heterocycles. The van der Waals surface area contributed by atoms with Crippen LogP contribution < -0.4 is 4.74 Å². The first-order valence-corrected chi connectivity index (χ1v) is 8.27. The van der Waals surface area contributed by atoms with Crippen LogP contribution in [0.1, 0.15) is 11.1 Å². The molecule has 0 aliphatic rings. The zero-order chi connectivity index (χ0) is 17.2. The van der Waals surface area contributed by atoms with Crippen molar-refractivity contribution in [3.05, 3.63) is 65.7 Å². The van der Waals surface area contributed by atoms with Crippen molar-refractivity contribution in [3.8, 4) is 5.75 Å². The summed E-state index contributed by atoms with van der Waals surface area (Å²) in [5, 5.41) is 10.4. The summed E-state index contributed by atoms with van der Waals surface area (Å²) in [4.78, 5) is 2.22. The van der Waals surface area contributed by atoms with Crippen molar-refractivity contribution in [2.75, 3.05) is 33.9 Å². The van der Waals surface area contributed by atoms with E-state index in [4.69, 9.17) is 9.47 Å². The topological polar surface area (TPSA) is 41.9 Å². The smallest absolute Gasteiger partial charge is 0.118 e. The zero-order valence-electron chi connectivity index (χ0n) is 14.5. The monoisotopic (exact) mass is 329 g/mol. The Labute approximate surface area is 144 Å². The second-order valence-electron chi connectivity index (χ2n) is 5.92. The van der Waals surface area contributed by atoms with Crippen LogP contribution in [0.2, 0.25) is 0 Å². The van der Waals surface area contributed by atoms with Crippen molar-refractivity contribution in [2.45, 2.75) is 19.1 Å². The molecule has 0 heterocycles. The van der Waals surface area contributed by atoms with Gasteiger partial charge in [-0.25, -0.2) is 0 Å². The fraction of sp³-hybridized carbons (Fsp3) is 0.400. The van der Waals surface area contributed by atoms with Crippen LogP contribution in [0.15, 0.2) is 54.6 Å². The van der Waals surface area contributed by atoms with E-state index >= 15 is 0 Å². The van der Waals surface area contributed by atoms with Gasteiger partial charge in [-0.1, -0.05) is 42.5 Å². The summed E-state index contributed by atoms with van der Waals surface area (Å²) < 4.78 is 10.4. The summed E-state index contributed by atoms with van der Waals surface area (Å²) in [6, 6.07) is 18.1. The van der Waals surface area contributed by atoms with E-state index in [-0.39, 0.29) is 0 Å². The lowest BCUT2D eigenvalue weighted by Crippen LogP contribution is -2.35. The van der Waals surface area contributed by atoms with Gasteiger partial charge in [0.25, 0.3) is 0 Å². The van der Waals surface area contributed by atoms with E-state index in [0.717, 1.165) is 24.4 Å². The fourth-order valence-corrected chi connectivity index (χ4v) is 2.69. The van der Waals surface area contributed by atoms with Crippen LogP contribution in [0, 0.1) is 0 Å². The van der Waals surface area contributed by atoms with E-state index in [2.05, 4.69) is 17.0 Å². The molecule has 1 atom stereocenters. The van der Waals surface area contributed by atoms with Gasteiger partial charge in [-0.2, -0.15) is 0 Å². The molecule has 0 aromatic heterocycles. The van der Waals surface area contributed by atoms with Crippen LogP contribution in [0.4, 0.5) is 0 Å². The Balaban J connectivity index is 1.93. The highest BCUT2D eigenvalue weighted by Crippen LogP contribution is 2.14. The average molecular weight is 329 g/mol. The maximum atomic E-state index is 10.4. The van der Waals surface area contributed by atoms with Crippen LogP contribution >= 0.6 is 0 Å². The minimum atomic E-state index is -0.400. The molecule has 0 saturated carbocycles. The predicted molar refractivity (Wildman–Crippen MR) is 96.3 cm³/mol. The predicted octanol–water partition coefficient (Wildman–Crippen LogP) is 2.75. The zero-order valence-corrected chi connectivity index (χ0v) is 14.5. The van der Waals surface area contributed by atoms with E-state index < -0.39 is 6.10 Å². The lowest BCUT2D eigenvalue weighted by atomic mass is 10.1. The second kappa shape index (κ2) is 10.1. The molecule has 0 aliphatic heterocycles. The van der Waals surface area contributed by atoms with Gasteiger partial charge in [0.15, 0.2) is 0 Å². The number of hydrogen-bond acceptors (Lipinski definition) is 4. The van der Waals surface area contributed by atoms with E-state index in [0.29, 0.717) is 19.6 Å². The maximum absolute atomic E-state index is 10.4. The molecule has 130 valence electrons. The van der Waals surface area contributed by atoms with Gasteiger partial charge in [0, 0.05) is 26.7 Å². The van der Waals surface area contributed by atoms with Gasteiger partial charge in [-0.15, -0.1) is 0 Å². The number of rotatable bonds is 10. The van der Waals surface area contributed by atoms with Crippen molar-refractivity contribution in [3.63, 3.8) is 0 Å². The van der Waals surface area contributed by atoms with Crippen molar-refractivity contribution in [1.82, 2.24) is 4.90 Å². The molecular formula is C20H27NO3. The summed E-state index contributed by atoms with van der Waals surface area (Å²) in [5.41, 5.74) is 2.35. The van der Waals surface area contributed by atoms with Gasteiger partial charge in [0.2, 0.25) is 0 Å². The maximum Gasteiger partial charge on any atom is 0.118 e. The largest absolute Gasteiger partial charge is 0.497 e. The lowest BCUT2D eigenvalue weighted by Gasteiger charge is -2.25. The molecule has 2 rings (SSSR count). The normalized spacial score (nSPS) is 12.3. The van der Waals surface area contributed by atoms with Crippen LogP contribution in [-0.2, 0) is 17.7 Å². The Hall–Kier alpha value is -1.88. The molecule has 0 unspecified atom stereocenters. The molecule has 0 spiro atoms. The van der Waals surface area contributed by atoms with Gasteiger partial charge >= 0.3 is 0 Å². The van der Waals surface area contributed by atoms with E-state index in [9.17, 15) is 5.11 Å². The first-order chi connectivity index (χ1) is 11.7. The van der Waals surface area contributed by atoms with Gasteiger partial charge < -0.3 is 14.6 Å². The molecule has 0 fully saturated rings. The van der Waals surface area contributed by atoms with Crippen molar-refractivity contribution >= 4 is 0 Å². The molecule has 2 aromatic carbocycles. The Morgan fingerprint density at radius 2 is 1.67 bits per heavy atom. The summed E-state index contributed by atoms with van der Waals surface area (Å²) in [6.45, 7) is 2.83. The average Bonchev–Trinajstić information content (AvgIpc) is 2.61. The van der Waals surface area contributed by atoms with Crippen molar-refractivity contribution in [2.24, 2.45) is 0 Å². The minimum Gasteiger partial charge on any atom is -0.497 e. The van der Waals surface area contributed by atoms with Crippen LogP contribution in [0.25, 0.3) is 0 Å². The third-order valence-electron chi connectivity index (χ3n) is 3.96. The third kappa shape index (κ3) is 6.32. The minimum absolute atomic E-state index is 0.400. The summed E-state index contributed by atoms with van der Waals surface area (Å²) in [5.74, 6) is 0.853. The van der Waals surface area contributed by atoms with Gasteiger partial charge in [0.05, 0.1) is 19.8 Å². The van der Waals surface area contributed by atoms with Crippen LogP contribution in [0.5, 0.6) is 5.75 Å². The van der Waals surface area contributed by atoms with E-state index in [1.165, 1.54) is 5.56 Å². The quantitative estimate of drug-likeness (QED) is 0.728. The van der Waals surface area contributed by atoms with Gasteiger partial charge in [-0.3, -0.25) is 4.90 Å². The second-order valence-corrected chi connectivity index (χ2v) is 5.92. The van der Waals surface area contributed by atoms with Crippen LogP contribution in [0.3, 0.4) is 0 Å². The highest BCUT2D eigenvalue weighted by molar-refractivity contribution is 5.27. The van der Waals surface area contributed by atoms with Crippen molar-refractivity contribution in [1.29, 1.82) is 0 Å². The molecule has 0 bridgehead atoms. The van der Waals surface area contributed by atoms with Crippen molar-refractivity contribution < 1.29 is 14.6 Å². The molecule has 2 aromatic rings.